The van der Waals surface area contributed by atoms with Gasteiger partial charge in [-0.05, 0) is 32.4 Å². The van der Waals surface area contributed by atoms with Gasteiger partial charge in [-0.3, -0.25) is 9.59 Å². The molecule has 0 radical (unpaired) electrons. The Labute approximate surface area is 166 Å². The lowest BCUT2D eigenvalue weighted by Crippen LogP contribution is -2.25. The van der Waals surface area contributed by atoms with Crippen molar-refractivity contribution in [2.75, 3.05) is 0 Å². The monoisotopic (exact) mass is 409 g/mol. The molecule has 1 aliphatic rings. The number of aromatic nitrogens is 1. The molecule has 1 heterocycles. The van der Waals surface area contributed by atoms with E-state index >= 15 is 0 Å². The topological polar surface area (TPSA) is 105 Å². The smallest absolute Gasteiger partial charge is 0.439 e. The minimum absolute atomic E-state index is 0.223. The predicted molar refractivity (Wildman–Crippen MR) is 97.9 cm³/mol. The second-order valence-electron chi connectivity index (χ2n) is 6.89. The Morgan fingerprint density at radius 1 is 1.14 bits per heavy atom. The molecule has 150 valence electrons. The third-order valence-corrected chi connectivity index (χ3v) is 4.42. The zero-order valence-corrected chi connectivity index (χ0v) is 16.6. The Balaban J connectivity index is 1.59. The molecule has 1 saturated carbocycles. The molecular formula is C19H20ClNO7. The molecule has 3 atom stereocenters. The first-order valence-corrected chi connectivity index (χ1v) is 9.22. The summed E-state index contributed by atoms with van der Waals surface area (Å²) in [5, 5.41) is 0.284. The van der Waals surface area contributed by atoms with Crippen LogP contribution in [0.15, 0.2) is 16.5 Å². The SMILES string of the molecule is Cc1nc2cc(C(=O)[C@H]3C[C@@H]3C(=O)OC(C)OC(=O)OC(C)C)cc(Cl)c2o1. The van der Waals surface area contributed by atoms with E-state index in [1.165, 1.54) is 13.0 Å². The number of hydrogen-bond donors (Lipinski definition) is 0. The molecule has 28 heavy (non-hydrogen) atoms. The van der Waals surface area contributed by atoms with Crippen LogP contribution in [0.25, 0.3) is 11.1 Å². The van der Waals surface area contributed by atoms with E-state index in [0.717, 1.165) is 0 Å². The van der Waals surface area contributed by atoms with Crippen LogP contribution >= 0.6 is 11.6 Å². The molecule has 1 fully saturated rings. The Bertz CT molecular complexity index is 936. The quantitative estimate of drug-likeness (QED) is 0.399. The van der Waals surface area contributed by atoms with Gasteiger partial charge in [-0.25, -0.2) is 9.78 Å². The summed E-state index contributed by atoms with van der Waals surface area (Å²) in [6, 6.07) is 3.10. The molecule has 0 amide bonds. The Morgan fingerprint density at radius 2 is 1.86 bits per heavy atom. The van der Waals surface area contributed by atoms with E-state index in [1.54, 1.807) is 26.8 Å². The fourth-order valence-electron chi connectivity index (χ4n) is 2.84. The number of carbonyl (C=O) groups excluding carboxylic acids is 3. The first-order valence-electron chi connectivity index (χ1n) is 8.84. The average molecular weight is 410 g/mol. The highest BCUT2D eigenvalue weighted by molar-refractivity contribution is 6.35. The number of hydrogen-bond acceptors (Lipinski definition) is 8. The first kappa shape index (κ1) is 20.1. The lowest BCUT2D eigenvalue weighted by molar-refractivity contribution is -0.170. The van der Waals surface area contributed by atoms with E-state index in [0.29, 0.717) is 29.0 Å². The molecule has 2 aromatic rings. The normalized spacial score (nSPS) is 19.4. The summed E-state index contributed by atoms with van der Waals surface area (Å²) in [6.07, 6.45) is -2.03. The lowest BCUT2D eigenvalue weighted by atomic mass is 10.1. The molecule has 8 nitrogen and oxygen atoms in total. The number of benzene rings is 1. The number of fused-ring (bicyclic) bond motifs is 1. The number of carbonyl (C=O) groups is 3. The van der Waals surface area contributed by atoms with Crippen LogP contribution in [0.1, 0.15) is 43.4 Å². The van der Waals surface area contributed by atoms with E-state index in [1.807, 2.05) is 0 Å². The van der Waals surface area contributed by atoms with Gasteiger partial charge in [0.15, 0.2) is 17.3 Å². The number of aryl methyl sites for hydroxylation is 1. The minimum atomic E-state index is -1.11. The van der Waals surface area contributed by atoms with Gasteiger partial charge < -0.3 is 18.6 Å². The predicted octanol–water partition coefficient (Wildman–Crippen LogP) is 4.06. The molecule has 1 aromatic carbocycles. The number of esters is 1. The molecule has 9 heteroatoms. The summed E-state index contributed by atoms with van der Waals surface area (Å²) in [5.41, 5.74) is 1.26. The zero-order chi connectivity index (χ0) is 20.6. The van der Waals surface area contributed by atoms with Crippen LogP contribution in [-0.2, 0) is 19.0 Å². The van der Waals surface area contributed by atoms with Gasteiger partial charge >= 0.3 is 12.1 Å². The summed E-state index contributed by atoms with van der Waals surface area (Å²) >= 11 is 6.16. The Kier molecular flexibility index (Phi) is 5.60. The van der Waals surface area contributed by atoms with Gasteiger partial charge in [0, 0.05) is 25.3 Å². The molecule has 0 aliphatic heterocycles. The van der Waals surface area contributed by atoms with E-state index < -0.39 is 30.3 Å². The molecule has 1 aromatic heterocycles. The van der Waals surface area contributed by atoms with Crippen LogP contribution in [0.4, 0.5) is 4.79 Å². The summed E-state index contributed by atoms with van der Waals surface area (Å²) in [4.78, 5) is 40.5. The maximum Gasteiger partial charge on any atom is 0.511 e. The van der Waals surface area contributed by atoms with Crippen molar-refractivity contribution in [3.05, 3.63) is 28.6 Å². The second kappa shape index (κ2) is 7.79. The van der Waals surface area contributed by atoms with Gasteiger partial charge in [0.1, 0.15) is 5.52 Å². The third-order valence-electron chi connectivity index (χ3n) is 4.14. The summed E-state index contributed by atoms with van der Waals surface area (Å²) in [5.74, 6) is -1.48. The van der Waals surface area contributed by atoms with Crippen molar-refractivity contribution in [2.45, 2.75) is 46.5 Å². The van der Waals surface area contributed by atoms with E-state index in [9.17, 15) is 14.4 Å². The third kappa shape index (κ3) is 4.44. The van der Waals surface area contributed by atoms with Crippen LogP contribution in [0.5, 0.6) is 0 Å². The van der Waals surface area contributed by atoms with Crippen molar-refractivity contribution in [1.82, 2.24) is 4.98 Å². The van der Waals surface area contributed by atoms with Crippen molar-refractivity contribution in [3.8, 4) is 0 Å². The lowest BCUT2D eigenvalue weighted by Gasteiger charge is -2.15. The summed E-state index contributed by atoms with van der Waals surface area (Å²) in [7, 11) is 0. The molecule has 0 spiro atoms. The maximum absolute atomic E-state index is 12.7. The molecule has 1 unspecified atom stereocenters. The summed E-state index contributed by atoms with van der Waals surface area (Å²) in [6.45, 7) is 6.43. The first-order chi connectivity index (χ1) is 13.2. The van der Waals surface area contributed by atoms with Crippen molar-refractivity contribution < 1.29 is 33.0 Å². The van der Waals surface area contributed by atoms with Crippen LogP contribution in [0.3, 0.4) is 0 Å². The minimum Gasteiger partial charge on any atom is -0.439 e. The standard InChI is InChI=1S/C19H20ClNO7/c1-8(2)25-19(24)28-10(4)27-18(23)13-7-12(13)16(22)11-5-14(20)17-15(6-11)21-9(3)26-17/h5-6,8,10,12-13H,7H2,1-4H3/t10?,12-,13-/m0/s1. The fourth-order valence-corrected chi connectivity index (χ4v) is 3.09. The van der Waals surface area contributed by atoms with Crippen molar-refractivity contribution in [1.29, 1.82) is 0 Å². The molecule has 3 rings (SSSR count). The number of Topliss-reactive ketones (excluding diaryl/α,β-unsaturated/α-hetero) is 1. The molecular weight excluding hydrogens is 390 g/mol. The highest BCUT2D eigenvalue weighted by Crippen LogP contribution is 2.43. The highest BCUT2D eigenvalue weighted by atomic mass is 35.5. The Hall–Kier alpha value is -2.61. The van der Waals surface area contributed by atoms with Gasteiger partial charge in [-0.15, -0.1) is 0 Å². The molecule has 0 saturated heterocycles. The molecule has 0 bridgehead atoms. The number of halogens is 1. The van der Waals surface area contributed by atoms with Crippen LogP contribution in [0, 0.1) is 18.8 Å². The van der Waals surface area contributed by atoms with Gasteiger partial charge in [-0.2, -0.15) is 0 Å². The number of ketones is 1. The Morgan fingerprint density at radius 3 is 2.54 bits per heavy atom. The maximum atomic E-state index is 12.7. The number of ether oxygens (including phenoxy) is 3. The van der Waals surface area contributed by atoms with Gasteiger partial charge in [-0.1, -0.05) is 11.6 Å². The summed E-state index contributed by atoms with van der Waals surface area (Å²) < 4.78 is 20.1. The van der Waals surface area contributed by atoms with Crippen molar-refractivity contribution in [3.63, 3.8) is 0 Å². The van der Waals surface area contributed by atoms with Gasteiger partial charge in [0.05, 0.1) is 17.0 Å². The largest absolute Gasteiger partial charge is 0.511 e. The van der Waals surface area contributed by atoms with E-state index in [-0.39, 0.29) is 16.9 Å². The van der Waals surface area contributed by atoms with Crippen molar-refractivity contribution >= 4 is 40.6 Å². The van der Waals surface area contributed by atoms with Crippen LogP contribution in [-0.4, -0.2) is 35.3 Å². The van der Waals surface area contributed by atoms with Gasteiger partial charge in [0.25, 0.3) is 0 Å². The second-order valence-corrected chi connectivity index (χ2v) is 7.30. The number of rotatable bonds is 6. The highest BCUT2D eigenvalue weighted by Gasteiger charge is 2.49. The fraction of sp³-hybridized carbons (Fsp3) is 0.474. The van der Waals surface area contributed by atoms with Gasteiger partial charge in [0.2, 0.25) is 6.29 Å². The van der Waals surface area contributed by atoms with Crippen molar-refractivity contribution in [2.24, 2.45) is 11.8 Å². The number of nitrogens with zero attached hydrogens (tertiary/aromatic N) is 1. The number of oxazole rings is 1. The van der Waals surface area contributed by atoms with Crippen LogP contribution < -0.4 is 0 Å². The zero-order valence-electron chi connectivity index (χ0n) is 15.9. The van der Waals surface area contributed by atoms with E-state index in [4.69, 9.17) is 30.2 Å². The molecule has 0 N–H and O–H groups in total. The molecule has 1 aliphatic carbocycles. The van der Waals surface area contributed by atoms with E-state index in [2.05, 4.69) is 4.98 Å². The average Bonchev–Trinajstić information content (AvgIpc) is 3.28. The van der Waals surface area contributed by atoms with Crippen LogP contribution in [0.2, 0.25) is 5.02 Å².